The third kappa shape index (κ3) is 1.72. The summed E-state index contributed by atoms with van der Waals surface area (Å²) in [5, 5.41) is 0. The van der Waals surface area contributed by atoms with Gasteiger partial charge in [0, 0.05) is 0 Å². The highest BCUT2D eigenvalue weighted by atomic mass is 28.3. The number of hydrogen-bond donors (Lipinski definition) is 0. The predicted octanol–water partition coefficient (Wildman–Crippen LogP) is 3.46. The Labute approximate surface area is 101 Å². The van der Waals surface area contributed by atoms with E-state index in [2.05, 4.69) is 38.3 Å². The normalized spacial score (nSPS) is 24.2. The molecule has 0 aromatic heterocycles. The maximum absolute atomic E-state index is 2.58. The van der Waals surface area contributed by atoms with Gasteiger partial charge in [-0.25, -0.2) is 0 Å². The fourth-order valence-electron chi connectivity index (χ4n) is 3.64. The van der Waals surface area contributed by atoms with Crippen LogP contribution in [-0.4, -0.2) is 16.1 Å². The molecule has 2 aliphatic heterocycles. The Balaban J connectivity index is 2.02. The van der Waals surface area contributed by atoms with Crippen molar-refractivity contribution in [1.29, 1.82) is 0 Å². The SMILES string of the molecule is C[Si]1(C)Cc2cc3c(cc2C1)C[Si](C)(C)C3. The van der Waals surface area contributed by atoms with Crippen molar-refractivity contribution >= 4 is 16.1 Å². The molecule has 0 aliphatic carbocycles. The molecule has 86 valence electrons. The Bertz CT molecular complexity index is 380. The smallest absolute Gasteiger partial charge is 0.0561 e. The Morgan fingerprint density at radius 2 is 0.875 bits per heavy atom. The molecule has 0 amide bonds. The Morgan fingerprint density at radius 3 is 1.12 bits per heavy atom. The van der Waals surface area contributed by atoms with Crippen molar-refractivity contribution < 1.29 is 0 Å². The van der Waals surface area contributed by atoms with Crippen molar-refractivity contribution in [3.63, 3.8) is 0 Å². The number of benzene rings is 1. The Hall–Kier alpha value is -0.346. The molecule has 0 N–H and O–H groups in total. The van der Waals surface area contributed by atoms with Crippen LogP contribution in [-0.2, 0) is 24.2 Å². The lowest BCUT2D eigenvalue weighted by atomic mass is 10.0. The summed E-state index contributed by atoms with van der Waals surface area (Å²) in [6.45, 7) is 10.2. The van der Waals surface area contributed by atoms with E-state index in [1.165, 1.54) is 24.2 Å². The van der Waals surface area contributed by atoms with E-state index in [0.717, 1.165) is 0 Å². The highest BCUT2D eigenvalue weighted by molar-refractivity contribution is 6.78. The van der Waals surface area contributed by atoms with Gasteiger partial charge in [-0.2, -0.15) is 0 Å². The van der Waals surface area contributed by atoms with Crippen LogP contribution < -0.4 is 0 Å². The minimum Gasteiger partial charge on any atom is -0.0689 e. The zero-order chi connectivity index (χ0) is 11.6. The quantitative estimate of drug-likeness (QED) is 0.615. The van der Waals surface area contributed by atoms with Crippen LogP contribution in [0, 0.1) is 0 Å². The number of rotatable bonds is 0. The van der Waals surface area contributed by atoms with Gasteiger partial charge >= 0.3 is 0 Å². The summed E-state index contributed by atoms with van der Waals surface area (Å²) in [4.78, 5) is 0. The van der Waals surface area contributed by atoms with Gasteiger partial charge in [-0.3, -0.25) is 0 Å². The van der Waals surface area contributed by atoms with E-state index in [1.54, 1.807) is 22.3 Å². The van der Waals surface area contributed by atoms with Crippen molar-refractivity contribution in [1.82, 2.24) is 0 Å². The molecule has 0 saturated carbocycles. The molecule has 0 saturated heterocycles. The average molecular weight is 247 g/mol. The Morgan fingerprint density at radius 1 is 0.625 bits per heavy atom. The molecular formula is C14H22Si2. The fraction of sp³-hybridized carbons (Fsp3) is 0.571. The molecule has 0 radical (unpaired) electrons. The van der Waals surface area contributed by atoms with E-state index in [9.17, 15) is 0 Å². The monoisotopic (exact) mass is 246 g/mol. The van der Waals surface area contributed by atoms with Crippen LogP contribution in [0.3, 0.4) is 0 Å². The summed E-state index contributed by atoms with van der Waals surface area (Å²) >= 11 is 0. The third-order valence-corrected chi connectivity index (χ3v) is 9.55. The van der Waals surface area contributed by atoms with Gasteiger partial charge in [-0.1, -0.05) is 38.3 Å². The topological polar surface area (TPSA) is 0 Å². The van der Waals surface area contributed by atoms with E-state index in [-0.39, 0.29) is 0 Å². The van der Waals surface area contributed by atoms with E-state index < -0.39 is 16.1 Å². The largest absolute Gasteiger partial charge is 0.0689 e. The van der Waals surface area contributed by atoms with Crippen LogP contribution in [0.1, 0.15) is 22.3 Å². The highest BCUT2D eigenvalue weighted by Crippen LogP contribution is 2.36. The molecule has 3 rings (SSSR count). The van der Waals surface area contributed by atoms with Gasteiger partial charge in [0.25, 0.3) is 0 Å². The summed E-state index contributed by atoms with van der Waals surface area (Å²) < 4.78 is 0. The van der Waals surface area contributed by atoms with Crippen molar-refractivity contribution in [3.05, 3.63) is 34.4 Å². The van der Waals surface area contributed by atoms with Crippen LogP contribution in [0.15, 0.2) is 12.1 Å². The zero-order valence-electron chi connectivity index (χ0n) is 11.0. The summed E-state index contributed by atoms with van der Waals surface area (Å²) in [5.74, 6) is 0. The van der Waals surface area contributed by atoms with Gasteiger partial charge in [0.05, 0.1) is 16.1 Å². The summed E-state index contributed by atoms with van der Waals surface area (Å²) in [5.41, 5.74) is 6.84. The third-order valence-electron chi connectivity index (χ3n) is 4.20. The minimum absolute atomic E-state index is 0.904. The van der Waals surface area contributed by atoms with Gasteiger partial charge in [-0.15, -0.1) is 0 Å². The molecule has 0 atom stereocenters. The first-order valence-electron chi connectivity index (χ1n) is 6.48. The lowest BCUT2D eigenvalue weighted by Crippen LogP contribution is -2.27. The molecule has 0 bridgehead atoms. The second-order valence-electron chi connectivity index (χ2n) is 7.43. The minimum atomic E-state index is -0.904. The van der Waals surface area contributed by atoms with Gasteiger partial charge in [0.1, 0.15) is 0 Å². The van der Waals surface area contributed by atoms with Crippen molar-refractivity contribution in [2.24, 2.45) is 0 Å². The lowest BCUT2D eigenvalue weighted by molar-refractivity contribution is 1.25. The lowest BCUT2D eigenvalue weighted by Gasteiger charge is -2.13. The number of hydrogen-bond acceptors (Lipinski definition) is 0. The van der Waals surface area contributed by atoms with Gasteiger partial charge in [0.15, 0.2) is 0 Å². The molecule has 0 nitrogen and oxygen atoms in total. The van der Waals surface area contributed by atoms with Crippen molar-refractivity contribution in [2.75, 3.05) is 0 Å². The molecule has 0 spiro atoms. The first-order valence-corrected chi connectivity index (χ1v) is 13.3. The van der Waals surface area contributed by atoms with Crippen LogP contribution in [0.2, 0.25) is 26.2 Å². The fourth-order valence-corrected chi connectivity index (χ4v) is 9.33. The van der Waals surface area contributed by atoms with Gasteiger partial charge in [-0.05, 0) is 46.4 Å². The van der Waals surface area contributed by atoms with Crippen LogP contribution in [0.25, 0.3) is 0 Å². The zero-order valence-corrected chi connectivity index (χ0v) is 13.0. The molecule has 2 heterocycles. The standard InChI is InChI=1S/C14H22Si2/c1-15(2)7-11-5-13-9-16(3,4)10-14(13)6-12(11)8-15/h5-6H,7-10H2,1-4H3. The maximum Gasteiger partial charge on any atom is 0.0561 e. The second kappa shape index (κ2) is 3.11. The van der Waals surface area contributed by atoms with E-state index in [4.69, 9.17) is 0 Å². The van der Waals surface area contributed by atoms with E-state index >= 15 is 0 Å². The Kier molecular flexibility index (Phi) is 2.09. The van der Waals surface area contributed by atoms with Gasteiger partial charge < -0.3 is 0 Å². The summed E-state index contributed by atoms with van der Waals surface area (Å²) in [6.07, 6.45) is 0. The molecular weight excluding hydrogens is 224 g/mol. The summed E-state index contributed by atoms with van der Waals surface area (Å²) in [6, 6.07) is 10.9. The van der Waals surface area contributed by atoms with E-state index in [1.807, 2.05) is 0 Å². The molecule has 0 unspecified atom stereocenters. The molecule has 2 heteroatoms. The first-order chi connectivity index (χ1) is 7.35. The van der Waals surface area contributed by atoms with Crippen molar-refractivity contribution in [2.45, 2.75) is 50.4 Å². The molecule has 16 heavy (non-hydrogen) atoms. The maximum atomic E-state index is 2.58. The molecule has 0 fully saturated rings. The predicted molar refractivity (Wildman–Crippen MR) is 76.2 cm³/mol. The summed E-state index contributed by atoms with van der Waals surface area (Å²) in [7, 11) is -1.81. The van der Waals surface area contributed by atoms with E-state index in [0.29, 0.717) is 0 Å². The molecule has 1 aromatic carbocycles. The van der Waals surface area contributed by atoms with Gasteiger partial charge in [0.2, 0.25) is 0 Å². The number of fused-ring (bicyclic) bond motifs is 2. The second-order valence-corrected chi connectivity index (χ2v) is 17.5. The molecule has 1 aromatic rings. The van der Waals surface area contributed by atoms with Crippen molar-refractivity contribution in [3.8, 4) is 0 Å². The molecule has 2 aliphatic rings. The van der Waals surface area contributed by atoms with Crippen LogP contribution >= 0.6 is 0 Å². The average Bonchev–Trinajstić information content (AvgIpc) is 2.51. The highest BCUT2D eigenvalue weighted by Gasteiger charge is 2.35. The van der Waals surface area contributed by atoms with Crippen LogP contribution in [0.5, 0.6) is 0 Å². The first kappa shape index (κ1) is 10.8. The van der Waals surface area contributed by atoms with Crippen LogP contribution in [0.4, 0.5) is 0 Å².